The Morgan fingerprint density at radius 1 is 1.21 bits per heavy atom. The first kappa shape index (κ1) is 12.9. The lowest BCUT2D eigenvalue weighted by Gasteiger charge is -2.27. The maximum absolute atomic E-state index is 10.2. The zero-order valence-electron chi connectivity index (χ0n) is 11.6. The van der Waals surface area contributed by atoms with Gasteiger partial charge in [-0.15, -0.1) is 0 Å². The molecule has 0 unspecified atom stereocenters. The number of likely N-dealkylation sites (N-methyl/N-ethyl adjacent to an activating group) is 1. The summed E-state index contributed by atoms with van der Waals surface area (Å²) in [6, 6.07) is 9.96. The fourth-order valence-electron chi connectivity index (χ4n) is 3.66. The molecule has 0 aromatic heterocycles. The van der Waals surface area contributed by atoms with Gasteiger partial charge in [0.2, 0.25) is 0 Å². The third-order valence-electron chi connectivity index (χ3n) is 4.63. The van der Waals surface area contributed by atoms with E-state index in [0.29, 0.717) is 0 Å². The molecule has 1 N–H and O–H groups in total. The Bertz CT molecular complexity index is 442. The smallest absolute Gasteiger partial charge is 0.0916 e. The van der Waals surface area contributed by atoms with Crippen molar-refractivity contribution in [1.29, 1.82) is 0 Å². The summed E-state index contributed by atoms with van der Waals surface area (Å²) in [5.41, 5.74) is 1.02. The van der Waals surface area contributed by atoms with Crippen molar-refractivity contribution in [3.63, 3.8) is 0 Å². The van der Waals surface area contributed by atoms with Crippen LogP contribution in [0.1, 0.15) is 24.5 Å². The van der Waals surface area contributed by atoms with Crippen LogP contribution >= 0.6 is 0 Å². The summed E-state index contributed by atoms with van der Waals surface area (Å²) in [6.45, 7) is 1.83. The number of rotatable bonds is 5. The van der Waals surface area contributed by atoms with Crippen molar-refractivity contribution in [2.24, 2.45) is 17.8 Å². The van der Waals surface area contributed by atoms with Gasteiger partial charge in [0.05, 0.1) is 6.10 Å². The maximum atomic E-state index is 10.2. The topological polar surface area (TPSA) is 23.5 Å². The Morgan fingerprint density at radius 3 is 2.63 bits per heavy atom. The van der Waals surface area contributed by atoms with E-state index in [2.05, 4.69) is 24.1 Å². The maximum Gasteiger partial charge on any atom is 0.0916 e. The van der Waals surface area contributed by atoms with Crippen molar-refractivity contribution < 1.29 is 5.11 Å². The second kappa shape index (κ2) is 5.48. The molecule has 1 saturated carbocycles. The molecule has 2 nitrogen and oxygen atoms in total. The van der Waals surface area contributed by atoms with E-state index in [1.165, 1.54) is 12.8 Å². The molecule has 1 aromatic carbocycles. The molecule has 2 heteroatoms. The molecule has 0 radical (unpaired) electrons. The van der Waals surface area contributed by atoms with E-state index in [4.69, 9.17) is 0 Å². The number of aliphatic hydroxyl groups is 1. The number of aliphatic hydroxyl groups excluding tert-OH is 1. The van der Waals surface area contributed by atoms with Crippen LogP contribution in [0, 0.1) is 17.8 Å². The van der Waals surface area contributed by atoms with Gasteiger partial charge in [-0.2, -0.15) is 0 Å². The molecule has 0 amide bonds. The van der Waals surface area contributed by atoms with E-state index in [9.17, 15) is 5.11 Å². The number of allylic oxidation sites excluding steroid dienone is 2. The molecule has 4 atom stereocenters. The van der Waals surface area contributed by atoms with Crippen LogP contribution in [0.25, 0.3) is 0 Å². The predicted molar refractivity (Wildman–Crippen MR) is 77.7 cm³/mol. The zero-order chi connectivity index (χ0) is 13.2. The average molecular weight is 257 g/mol. The van der Waals surface area contributed by atoms with Crippen LogP contribution in [0.5, 0.6) is 0 Å². The molecular formula is C17H23NO. The van der Waals surface area contributed by atoms with Gasteiger partial charge in [-0.3, -0.25) is 0 Å². The van der Waals surface area contributed by atoms with Gasteiger partial charge >= 0.3 is 0 Å². The van der Waals surface area contributed by atoms with Crippen molar-refractivity contribution >= 4 is 0 Å². The van der Waals surface area contributed by atoms with Gasteiger partial charge in [-0.1, -0.05) is 42.5 Å². The molecule has 1 fully saturated rings. The first-order valence-electron chi connectivity index (χ1n) is 7.32. The van der Waals surface area contributed by atoms with Crippen LogP contribution in [0.3, 0.4) is 0 Å². The van der Waals surface area contributed by atoms with Crippen molar-refractivity contribution in [3.05, 3.63) is 48.0 Å². The van der Waals surface area contributed by atoms with Crippen molar-refractivity contribution in [1.82, 2.24) is 4.90 Å². The summed E-state index contributed by atoms with van der Waals surface area (Å²) < 4.78 is 0. The molecule has 3 rings (SSSR count). The standard InChI is InChI=1S/C17H23NO/c1-18(11-16-10-13-7-8-15(16)9-13)12-17(19)14-5-3-2-4-6-14/h2-8,13,15-17,19H,9-12H2,1H3/t13-,15-,16-,17-/m0/s1. The second-order valence-electron chi connectivity index (χ2n) is 6.19. The average Bonchev–Trinajstić information content (AvgIpc) is 3.02. The monoisotopic (exact) mass is 257 g/mol. The van der Waals surface area contributed by atoms with E-state index in [0.717, 1.165) is 36.4 Å². The van der Waals surface area contributed by atoms with Crippen LogP contribution < -0.4 is 0 Å². The molecule has 2 aliphatic carbocycles. The van der Waals surface area contributed by atoms with Gasteiger partial charge in [0.1, 0.15) is 0 Å². The highest BCUT2D eigenvalue weighted by Crippen LogP contribution is 2.43. The van der Waals surface area contributed by atoms with E-state index in [1.807, 2.05) is 30.3 Å². The fourth-order valence-corrected chi connectivity index (χ4v) is 3.66. The highest BCUT2D eigenvalue weighted by atomic mass is 16.3. The molecule has 2 bridgehead atoms. The lowest BCUT2D eigenvalue weighted by molar-refractivity contribution is 0.115. The second-order valence-corrected chi connectivity index (χ2v) is 6.19. The molecule has 2 aliphatic rings. The third kappa shape index (κ3) is 2.90. The Balaban J connectivity index is 1.51. The van der Waals surface area contributed by atoms with Gasteiger partial charge in [0, 0.05) is 13.1 Å². The van der Waals surface area contributed by atoms with Crippen LogP contribution in [-0.2, 0) is 0 Å². The zero-order valence-corrected chi connectivity index (χ0v) is 11.6. The van der Waals surface area contributed by atoms with Gasteiger partial charge in [-0.25, -0.2) is 0 Å². The van der Waals surface area contributed by atoms with Gasteiger partial charge in [0.15, 0.2) is 0 Å². The molecule has 102 valence electrons. The molecule has 0 saturated heterocycles. The largest absolute Gasteiger partial charge is 0.387 e. The van der Waals surface area contributed by atoms with Crippen molar-refractivity contribution in [2.45, 2.75) is 18.9 Å². The minimum absolute atomic E-state index is 0.375. The van der Waals surface area contributed by atoms with Gasteiger partial charge in [0.25, 0.3) is 0 Å². The molecular weight excluding hydrogens is 234 g/mol. The number of benzene rings is 1. The highest BCUT2D eigenvalue weighted by molar-refractivity contribution is 5.17. The quantitative estimate of drug-likeness (QED) is 0.820. The molecule has 0 heterocycles. The Labute approximate surface area is 115 Å². The van der Waals surface area contributed by atoms with Crippen molar-refractivity contribution in [2.75, 3.05) is 20.1 Å². The summed E-state index contributed by atoms with van der Waals surface area (Å²) in [5, 5.41) is 10.2. The third-order valence-corrected chi connectivity index (χ3v) is 4.63. The van der Waals surface area contributed by atoms with Gasteiger partial charge in [-0.05, 0) is 43.2 Å². The summed E-state index contributed by atoms with van der Waals surface area (Å²) >= 11 is 0. The lowest BCUT2D eigenvalue weighted by atomic mass is 9.93. The Kier molecular flexibility index (Phi) is 3.72. The van der Waals surface area contributed by atoms with E-state index in [1.54, 1.807) is 0 Å². The highest BCUT2D eigenvalue weighted by Gasteiger charge is 2.35. The minimum Gasteiger partial charge on any atom is -0.387 e. The van der Waals surface area contributed by atoms with Crippen LogP contribution in [0.2, 0.25) is 0 Å². The summed E-state index contributed by atoms with van der Waals surface area (Å²) in [4.78, 5) is 2.29. The molecule has 1 aromatic rings. The Hall–Kier alpha value is -1.12. The molecule has 0 spiro atoms. The molecule has 0 aliphatic heterocycles. The number of hydrogen-bond acceptors (Lipinski definition) is 2. The lowest BCUT2D eigenvalue weighted by Crippen LogP contribution is -2.31. The Morgan fingerprint density at radius 2 is 2.00 bits per heavy atom. The number of nitrogens with zero attached hydrogens (tertiary/aromatic N) is 1. The first-order chi connectivity index (χ1) is 9.22. The van der Waals surface area contributed by atoms with Gasteiger partial charge < -0.3 is 10.0 Å². The predicted octanol–water partition coefficient (Wildman–Crippen LogP) is 2.86. The van der Waals surface area contributed by atoms with Crippen LogP contribution in [0.4, 0.5) is 0 Å². The van der Waals surface area contributed by atoms with E-state index in [-0.39, 0.29) is 6.10 Å². The number of fused-ring (bicyclic) bond motifs is 2. The summed E-state index contributed by atoms with van der Waals surface area (Å²) in [7, 11) is 2.13. The van der Waals surface area contributed by atoms with E-state index < -0.39 is 0 Å². The summed E-state index contributed by atoms with van der Waals surface area (Å²) in [6.07, 6.45) is 7.12. The summed E-state index contributed by atoms with van der Waals surface area (Å²) in [5.74, 6) is 2.42. The SMILES string of the molecule is CN(C[C@@H]1C[C@H]2C=C[C@H]1C2)C[C@H](O)c1ccccc1. The van der Waals surface area contributed by atoms with Crippen molar-refractivity contribution in [3.8, 4) is 0 Å². The van der Waals surface area contributed by atoms with Crippen LogP contribution in [0.15, 0.2) is 42.5 Å². The fraction of sp³-hybridized carbons (Fsp3) is 0.529. The van der Waals surface area contributed by atoms with E-state index >= 15 is 0 Å². The number of hydrogen-bond donors (Lipinski definition) is 1. The minimum atomic E-state index is -0.375. The van der Waals surface area contributed by atoms with Crippen LogP contribution in [-0.4, -0.2) is 30.1 Å². The molecule has 19 heavy (non-hydrogen) atoms. The first-order valence-corrected chi connectivity index (χ1v) is 7.32. The normalized spacial score (nSPS) is 30.2.